The Morgan fingerprint density at radius 2 is 2.26 bits per heavy atom. The van der Waals surface area contributed by atoms with Gasteiger partial charge >= 0.3 is 0 Å². The summed E-state index contributed by atoms with van der Waals surface area (Å²) in [7, 11) is 2.20. The van der Waals surface area contributed by atoms with E-state index in [1.54, 1.807) is 0 Å². The molecule has 0 radical (unpaired) electrons. The first-order chi connectivity index (χ1) is 9.20. The summed E-state index contributed by atoms with van der Waals surface area (Å²) in [5.41, 5.74) is 1.31. The summed E-state index contributed by atoms with van der Waals surface area (Å²) in [4.78, 5) is 4.91. The van der Waals surface area contributed by atoms with Crippen molar-refractivity contribution in [3.63, 3.8) is 0 Å². The zero-order valence-electron chi connectivity index (χ0n) is 12.5. The molecule has 1 aliphatic heterocycles. The fourth-order valence-electron chi connectivity index (χ4n) is 2.53. The fourth-order valence-corrected chi connectivity index (χ4v) is 2.53. The monoisotopic (exact) mass is 265 g/mol. The van der Waals surface area contributed by atoms with Gasteiger partial charge in [0, 0.05) is 37.8 Å². The predicted octanol–water partition coefficient (Wildman–Crippen LogP) is 1.92. The standard InChI is InChI=1S/C15H27N3O/c1-4-6-16-10-14-5-9-19-15(14)12-18-8-7-17(3)13(2)11-18/h5,9,13,16H,4,6-8,10-12H2,1-3H3. The van der Waals surface area contributed by atoms with Gasteiger partial charge in [0.15, 0.2) is 0 Å². The summed E-state index contributed by atoms with van der Waals surface area (Å²) in [5.74, 6) is 1.13. The largest absolute Gasteiger partial charge is 0.468 e. The molecule has 1 aliphatic rings. The number of nitrogens with zero attached hydrogens (tertiary/aromatic N) is 2. The average molecular weight is 265 g/mol. The van der Waals surface area contributed by atoms with Gasteiger partial charge in [-0.3, -0.25) is 4.90 Å². The van der Waals surface area contributed by atoms with Gasteiger partial charge in [-0.25, -0.2) is 0 Å². The molecule has 2 rings (SSSR count). The van der Waals surface area contributed by atoms with E-state index in [9.17, 15) is 0 Å². The predicted molar refractivity (Wildman–Crippen MR) is 78.1 cm³/mol. The summed E-state index contributed by atoms with van der Waals surface area (Å²) >= 11 is 0. The van der Waals surface area contributed by atoms with Crippen molar-refractivity contribution in [2.24, 2.45) is 0 Å². The Kier molecular flexibility index (Phi) is 5.43. The Labute approximate surface area is 116 Å². The van der Waals surface area contributed by atoms with E-state index in [-0.39, 0.29) is 0 Å². The number of likely N-dealkylation sites (N-methyl/N-ethyl adjacent to an activating group) is 1. The van der Waals surface area contributed by atoms with Crippen LogP contribution in [0.5, 0.6) is 0 Å². The van der Waals surface area contributed by atoms with Crippen molar-refractivity contribution < 1.29 is 4.42 Å². The Morgan fingerprint density at radius 1 is 1.42 bits per heavy atom. The highest BCUT2D eigenvalue weighted by Crippen LogP contribution is 2.16. The Bertz CT molecular complexity index is 377. The molecule has 0 spiro atoms. The molecular weight excluding hydrogens is 238 g/mol. The van der Waals surface area contributed by atoms with E-state index in [1.165, 1.54) is 12.0 Å². The maximum atomic E-state index is 5.66. The van der Waals surface area contributed by atoms with Crippen LogP contribution in [0.4, 0.5) is 0 Å². The Morgan fingerprint density at radius 3 is 3.00 bits per heavy atom. The third-order valence-electron chi connectivity index (χ3n) is 3.99. The quantitative estimate of drug-likeness (QED) is 0.796. The zero-order valence-corrected chi connectivity index (χ0v) is 12.5. The molecule has 0 amide bonds. The molecule has 2 heterocycles. The van der Waals surface area contributed by atoms with Crippen LogP contribution in [0.25, 0.3) is 0 Å². The van der Waals surface area contributed by atoms with Crippen LogP contribution in [-0.2, 0) is 13.1 Å². The van der Waals surface area contributed by atoms with Gasteiger partial charge in [0.2, 0.25) is 0 Å². The van der Waals surface area contributed by atoms with E-state index in [0.717, 1.165) is 45.0 Å². The lowest BCUT2D eigenvalue weighted by Crippen LogP contribution is -2.49. The first-order valence-corrected chi connectivity index (χ1v) is 7.39. The molecule has 1 aromatic rings. The number of rotatable bonds is 6. The molecule has 1 saturated heterocycles. The molecule has 19 heavy (non-hydrogen) atoms. The minimum atomic E-state index is 0.630. The van der Waals surface area contributed by atoms with Crippen molar-refractivity contribution in [3.8, 4) is 0 Å². The molecule has 1 fully saturated rings. The minimum Gasteiger partial charge on any atom is -0.468 e. The molecule has 0 aromatic carbocycles. The van der Waals surface area contributed by atoms with Gasteiger partial charge < -0.3 is 14.6 Å². The van der Waals surface area contributed by atoms with Gasteiger partial charge in [-0.05, 0) is 33.0 Å². The number of piperazine rings is 1. The van der Waals surface area contributed by atoms with E-state index in [1.807, 2.05) is 6.26 Å². The van der Waals surface area contributed by atoms with Gasteiger partial charge in [0.05, 0.1) is 12.8 Å². The van der Waals surface area contributed by atoms with Crippen molar-refractivity contribution >= 4 is 0 Å². The number of nitrogens with one attached hydrogen (secondary N) is 1. The van der Waals surface area contributed by atoms with Gasteiger partial charge in [-0.1, -0.05) is 6.92 Å². The van der Waals surface area contributed by atoms with Crippen LogP contribution < -0.4 is 5.32 Å². The van der Waals surface area contributed by atoms with Crippen LogP contribution in [0.1, 0.15) is 31.6 Å². The zero-order chi connectivity index (χ0) is 13.7. The van der Waals surface area contributed by atoms with Crippen molar-refractivity contribution in [3.05, 3.63) is 23.7 Å². The average Bonchev–Trinajstić information content (AvgIpc) is 2.82. The second-order valence-corrected chi connectivity index (χ2v) is 5.61. The van der Waals surface area contributed by atoms with Crippen LogP contribution in [0.2, 0.25) is 0 Å². The molecule has 1 aromatic heterocycles. The molecule has 4 nitrogen and oxygen atoms in total. The minimum absolute atomic E-state index is 0.630. The third-order valence-corrected chi connectivity index (χ3v) is 3.99. The molecule has 1 atom stereocenters. The number of hydrogen-bond donors (Lipinski definition) is 1. The third kappa shape index (κ3) is 4.06. The maximum Gasteiger partial charge on any atom is 0.122 e. The number of furan rings is 1. The molecule has 0 aliphatic carbocycles. The second-order valence-electron chi connectivity index (χ2n) is 5.61. The molecule has 0 bridgehead atoms. The summed E-state index contributed by atoms with van der Waals surface area (Å²) in [5, 5.41) is 3.44. The fraction of sp³-hybridized carbons (Fsp3) is 0.733. The molecule has 108 valence electrons. The second kappa shape index (κ2) is 7.08. The van der Waals surface area contributed by atoms with Crippen LogP contribution in [0, 0.1) is 0 Å². The van der Waals surface area contributed by atoms with E-state index >= 15 is 0 Å². The molecule has 1 unspecified atom stereocenters. The van der Waals surface area contributed by atoms with Crippen molar-refractivity contribution in [2.45, 2.75) is 39.4 Å². The summed E-state index contributed by atoms with van der Waals surface area (Å²) in [6.07, 6.45) is 2.99. The van der Waals surface area contributed by atoms with Crippen molar-refractivity contribution in [1.29, 1.82) is 0 Å². The van der Waals surface area contributed by atoms with E-state index < -0.39 is 0 Å². The number of hydrogen-bond acceptors (Lipinski definition) is 4. The van der Waals surface area contributed by atoms with Crippen LogP contribution >= 0.6 is 0 Å². The van der Waals surface area contributed by atoms with Gasteiger partial charge in [-0.15, -0.1) is 0 Å². The van der Waals surface area contributed by atoms with E-state index in [4.69, 9.17) is 4.42 Å². The van der Waals surface area contributed by atoms with Crippen LogP contribution in [0.3, 0.4) is 0 Å². The van der Waals surface area contributed by atoms with Crippen molar-refractivity contribution in [1.82, 2.24) is 15.1 Å². The highest BCUT2D eigenvalue weighted by atomic mass is 16.3. The summed E-state index contributed by atoms with van der Waals surface area (Å²) in [6.45, 7) is 10.8. The summed E-state index contributed by atoms with van der Waals surface area (Å²) < 4.78 is 5.66. The topological polar surface area (TPSA) is 31.7 Å². The first kappa shape index (κ1) is 14.6. The molecule has 1 N–H and O–H groups in total. The molecule has 0 saturated carbocycles. The lowest BCUT2D eigenvalue weighted by molar-refractivity contribution is 0.0943. The Hall–Kier alpha value is -0.840. The highest BCUT2D eigenvalue weighted by Gasteiger charge is 2.22. The molecular formula is C15H27N3O. The SMILES string of the molecule is CCCNCc1ccoc1CN1CCN(C)C(C)C1. The van der Waals surface area contributed by atoms with Crippen molar-refractivity contribution in [2.75, 3.05) is 33.2 Å². The molecule has 4 heteroatoms. The smallest absolute Gasteiger partial charge is 0.122 e. The summed E-state index contributed by atoms with van der Waals surface area (Å²) in [6, 6.07) is 2.72. The van der Waals surface area contributed by atoms with Gasteiger partial charge in [0.1, 0.15) is 5.76 Å². The normalized spacial score (nSPS) is 21.9. The lowest BCUT2D eigenvalue weighted by atomic mass is 10.1. The van der Waals surface area contributed by atoms with E-state index in [2.05, 4.69) is 42.1 Å². The maximum absolute atomic E-state index is 5.66. The first-order valence-electron chi connectivity index (χ1n) is 7.39. The highest BCUT2D eigenvalue weighted by molar-refractivity contribution is 5.17. The van der Waals surface area contributed by atoms with Crippen LogP contribution in [-0.4, -0.2) is 49.1 Å². The van der Waals surface area contributed by atoms with Gasteiger partial charge in [-0.2, -0.15) is 0 Å². The Balaban J connectivity index is 1.87. The van der Waals surface area contributed by atoms with Gasteiger partial charge in [0.25, 0.3) is 0 Å². The van der Waals surface area contributed by atoms with Crippen LogP contribution in [0.15, 0.2) is 16.7 Å². The lowest BCUT2D eigenvalue weighted by Gasteiger charge is -2.37. The van der Waals surface area contributed by atoms with E-state index in [0.29, 0.717) is 6.04 Å².